The number of nitrogens with one attached hydrogen (secondary N) is 1. The molecule has 2 N–H and O–H groups in total. The van der Waals surface area contributed by atoms with Gasteiger partial charge in [-0.25, -0.2) is 8.42 Å². The van der Waals surface area contributed by atoms with Crippen LogP contribution < -0.4 is 4.72 Å². The molecule has 0 bridgehead atoms. The lowest BCUT2D eigenvalue weighted by Gasteiger charge is -2.08. The molecule has 0 atom stereocenters. The molecule has 0 spiro atoms. The Morgan fingerprint density at radius 2 is 1.33 bits per heavy atom. The van der Waals surface area contributed by atoms with Crippen molar-refractivity contribution in [2.75, 3.05) is 6.54 Å². The smallest absolute Gasteiger partial charge is 0.318 e. The van der Waals surface area contributed by atoms with E-state index in [9.17, 15) is 13.2 Å². The molecular formula is C29H23NO5S. The Bertz CT molecular complexity index is 1620. The van der Waals surface area contributed by atoms with Crippen molar-refractivity contribution < 1.29 is 22.7 Å². The summed E-state index contributed by atoms with van der Waals surface area (Å²) in [5.74, 6) is -0.341. The molecule has 0 amide bonds. The average Bonchev–Trinajstić information content (AvgIpc) is 3.26. The Labute approximate surface area is 208 Å². The largest absolute Gasteiger partial charge is 0.480 e. The maximum Gasteiger partial charge on any atom is 0.318 e. The third-order valence-electron chi connectivity index (χ3n) is 5.96. The van der Waals surface area contributed by atoms with E-state index < -0.39 is 22.5 Å². The zero-order valence-corrected chi connectivity index (χ0v) is 20.0. The van der Waals surface area contributed by atoms with Crippen LogP contribution in [0.1, 0.15) is 11.3 Å². The summed E-state index contributed by atoms with van der Waals surface area (Å²) in [4.78, 5) is 10.7. The zero-order chi connectivity index (χ0) is 25.1. The van der Waals surface area contributed by atoms with Crippen molar-refractivity contribution in [3.05, 3.63) is 114 Å². The Morgan fingerprint density at radius 1 is 0.750 bits per heavy atom. The molecule has 5 rings (SSSR count). The molecular weight excluding hydrogens is 474 g/mol. The third-order valence-corrected chi connectivity index (χ3v) is 7.38. The highest BCUT2D eigenvalue weighted by Gasteiger charge is 2.17. The molecule has 6 nitrogen and oxygen atoms in total. The van der Waals surface area contributed by atoms with Crippen LogP contribution in [-0.2, 0) is 21.2 Å². The first-order valence-corrected chi connectivity index (χ1v) is 12.9. The maximum atomic E-state index is 12.2. The van der Waals surface area contributed by atoms with Gasteiger partial charge in [0.2, 0.25) is 10.0 Å². The number of sulfonamides is 1. The van der Waals surface area contributed by atoms with Crippen molar-refractivity contribution in [1.29, 1.82) is 0 Å². The van der Waals surface area contributed by atoms with Gasteiger partial charge < -0.3 is 9.52 Å². The number of para-hydroxylation sites is 1. The summed E-state index contributed by atoms with van der Waals surface area (Å²) in [7, 11) is -3.88. The lowest BCUT2D eigenvalue weighted by molar-refractivity contribution is -0.135. The van der Waals surface area contributed by atoms with E-state index in [1.807, 2.05) is 60.7 Å². The van der Waals surface area contributed by atoms with Crippen LogP contribution in [0.5, 0.6) is 0 Å². The van der Waals surface area contributed by atoms with Crippen LogP contribution in [0.25, 0.3) is 33.2 Å². The minimum atomic E-state index is -3.88. The molecule has 36 heavy (non-hydrogen) atoms. The number of hydrogen-bond acceptors (Lipinski definition) is 4. The number of benzene rings is 4. The lowest BCUT2D eigenvalue weighted by Crippen LogP contribution is -2.29. The van der Waals surface area contributed by atoms with Crippen LogP contribution >= 0.6 is 0 Å². The van der Waals surface area contributed by atoms with Crippen molar-refractivity contribution in [2.45, 2.75) is 11.3 Å². The number of carboxylic acid groups (broad SMARTS) is 1. The van der Waals surface area contributed by atoms with Crippen LogP contribution in [0, 0.1) is 0 Å². The first-order chi connectivity index (χ1) is 17.4. The molecule has 0 unspecified atom stereocenters. The number of rotatable bonds is 8. The monoisotopic (exact) mass is 497 g/mol. The van der Waals surface area contributed by atoms with E-state index in [1.165, 1.54) is 17.7 Å². The van der Waals surface area contributed by atoms with Gasteiger partial charge in [0.25, 0.3) is 0 Å². The molecule has 1 heterocycles. The van der Waals surface area contributed by atoms with Crippen molar-refractivity contribution in [1.82, 2.24) is 4.72 Å². The molecule has 0 aliphatic rings. The van der Waals surface area contributed by atoms with Crippen molar-refractivity contribution in [2.24, 2.45) is 0 Å². The predicted octanol–water partition coefficient (Wildman–Crippen LogP) is 5.72. The van der Waals surface area contributed by atoms with E-state index >= 15 is 0 Å². The highest BCUT2D eigenvalue weighted by atomic mass is 32.2. The molecule has 180 valence electrons. The van der Waals surface area contributed by atoms with E-state index in [1.54, 1.807) is 12.1 Å². The second-order valence-electron chi connectivity index (χ2n) is 8.38. The summed E-state index contributed by atoms with van der Waals surface area (Å²) in [6.07, 6.45) is 0.679. The first-order valence-electron chi connectivity index (χ1n) is 11.4. The molecule has 0 radical (unpaired) electrons. The van der Waals surface area contributed by atoms with Crippen LogP contribution in [0.3, 0.4) is 0 Å². The van der Waals surface area contributed by atoms with Crippen LogP contribution in [0.4, 0.5) is 0 Å². The first kappa shape index (κ1) is 23.5. The summed E-state index contributed by atoms with van der Waals surface area (Å²) in [5.41, 5.74) is 5.88. The van der Waals surface area contributed by atoms with E-state index in [0.29, 0.717) is 6.42 Å². The second-order valence-corrected chi connectivity index (χ2v) is 10.1. The van der Waals surface area contributed by atoms with Gasteiger partial charge in [0, 0.05) is 17.4 Å². The Hall–Kier alpha value is -4.20. The highest BCUT2D eigenvalue weighted by molar-refractivity contribution is 7.89. The van der Waals surface area contributed by atoms with E-state index in [4.69, 9.17) is 9.52 Å². The Balaban J connectivity index is 1.45. The second kappa shape index (κ2) is 9.81. The number of carbonyl (C=O) groups is 1. The van der Waals surface area contributed by atoms with Gasteiger partial charge in [-0.2, -0.15) is 4.72 Å². The molecule has 0 saturated heterocycles. The fraction of sp³-hybridized carbons (Fsp3) is 0.0690. The van der Waals surface area contributed by atoms with Gasteiger partial charge in [0.05, 0.1) is 4.90 Å². The summed E-state index contributed by atoms with van der Waals surface area (Å²) >= 11 is 0. The number of furan rings is 1. The van der Waals surface area contributed by atoms with Crippen molar-refractivity contribution >= 4 is 27.0 Å². The molecule has 0 aliphatic carbocycles. The number of hydrogen-bond donors (Lipinski definition) is 2. The zero-order valence-electron chi connectivity index (χ0n) is 19.2. The highest BCUT2D eigenvalue weighted by Crippen LogP contribution is 2.37. The van der Waals surface area contributed by atoms with Gasteiger partial charge in [-0.15, -0.1) is 0 Å². The van der Waals surface area contributed by atoms with E-state index in [-0.39, 0.29) is 4.90 Å². The average molecular weight is 498 g/mol. The number of aliphatic carboxylic acids is 1. The van der Waals surface area contributed by atoms with Crippen LogP contribution in [0.15, 0.2) is 112 Å². The van der Waals surface area contributed by atoms with Crippen molar-refractivity contribution in [3.63, 3.8) is 0 Å². The number of fused-ring (bicyclic) bond motifs is 1. The molecule has 1 aromatic heterocycles. The topological polar surface area (TPSA) is 96.6 Å². The molecule has 0 aliphatic heterocycles. The van der Waals surface area contributed by atoms with Gasteiger partial charge >= 0.3 is 5.97 Å². The summed E-state index contributed by atoms with van der Waals surface area (Å²) in [6, 6.07) is 32.6. The number of carboxylic acids is 1. The lowest BCUT2D eigenvalue weighted by atomic mass is 9.96. The normalized spacial score (nSPS) is 11.6. The quantitative estimate of drug-likeness (QED) is 0.286. The third kappa shape index (κ3) is 4.93. The fourth-order valence-electron chi connectivity index (χ4n) is 4.21. The van der Waals surface area contributed by atoms with Gasteiger partial charge in [0.15, 0.2) is 0 Å². The Morgan fingerprint density at radius 3 is 2.00 bits per heavy atom. The van der Waals surface area contributed by atoms with E-state index in [2.05, 4.69) is 22.9 Å². The molecule has 5 aromatic rings. The minimum absolute atomic E-state index is 0.0135. The summed E-state index contributed by atoms with van der Waals surface area (Å²) in [5, 5.41) is 9.78. The van der Waals surface area contributed by atoms with E-state index in [0.717, 1.165) is 39.0 Å². The van der Waals surface area contributed by atoms with Crippen molar-refractivity contribution in [3.8, 4) is 22.3 Å². The Kier molecular flexibility index (Phi) is 6.41. The predicted molar refractivity (Wildman–Crippen MR) is 139 cm³/mol. The molecule has 0 saturated carbocycles. The van der Waals surface area contributed by atoms with Crippen LogP contribution in [0.2, 0.25) is 0 Å². The van der Waals surface area contributed by atoms with Crippen LogP contribution in [-0.4, -0.2) is 26.0 Å². The fourth-order valence-corrected chi connectivity index (χ4v) is 5.19. The minimum Gasteiger partial charge on any atom is -0.480 e. The summed E-state index contributed by atoms with van der Waals surface area (Å²) in [6.45, 7) is -0.666. The molecule has 7 heteroatoms. The SMILES string of the molecule is O=C(O)CNS(=O)(=O)c1ccc(-c2ccc(-c3c(Cc4ccccc4)oc4ccccc34)cc2)cc1. The van der Waals surface area contributed by atoms with Gasteiger partial charge in [-0.1, -0.05) is 84.9 Å². The maximum absolute atomic E-state index is 12.2. The van der Waals surface area contributed by atoms with Gasteiger partial charge in [-0.05, 0) is 40.5 Å². The summed E-state index contributed by atoms with van der Waals surface area (Å²) < 4.78 is 32.8. The standard InChI is InChI=1S/C29H23NO5S/c31-28(32)19-30-36(33,34)24-16-14-22(15-17-24)21-10-12-23(13-11-21)29-25-8-4-5-9-26(25)35-27(29)18-20-6-2-1-3-7-20/h1-17,30H,18-19H2,(H,31,32). The molecule has 0 fully saturated rings. The molecule has 4 aromatic carbocycles. The van der Waals surface area contributed by atoms with Gasteiger partial charge in [-0.3, -0.25) is 4.79 Å². The van der Waals surface area contributed by atoms with Gasteiger partial charge in [0.1, 0.15) is 17.9 Å².